The van der Waals surface area contributed by atoms with Crippen LogP contribution >= 0.6 is 11.6 Å². The monoisotopic (exact) mass is 323 g/mol. The quantitative estimate of drug-likeness (QED) is 0.441. The van der Waals surface area contributed by atoms with Gasteiger partial charge >= 0.3 is 0 Å². The van der Waals surface area contributed by atoms with Crippen LogP contribution in [0.25, 0.3) is 11.4 Å². The molecule has 1 heterocycles. The third kappa shape index (κ3) is 4.82. The molecule has 2 N–H and O–H groups in total. The Morgan fingerprint density at radius 1 is 1.23 bits per heavy atom. The van der Waals surface area contributed by atoms with Gasteiger partial charge in [0.25, 0.3) is 0 Å². The smallest absolute Gasteiger partial charge is 0.243 e. The van der Waals surface area contributed by atoms with Crippen molar-refractivity contribution in [2.45, 2.75) is 38.5 Å². The molecule has 22 heavy (non-hydrogen) atoms. The van der Waals surface area contributed by atoms with Crippen molar-refractivity contribution < 1.29 is 14.5 Å². The van der Waals surface area contributed by atoms with Gasteiger partial charge in [-0.15, -0.1) is 0 Å². The summed E-state index contributed by atoms with van der Waals surface area (Å²) < 4.78 is 5.22. The lowest BCUT2D eigenvalue weighted by atomic mass is 10.1. The van der Waals surface area contributed by atoms with Crippen LogP contribution in [0.1, 0.15) is 38.0 Å². The summed E-state index contributed by atoms with van der Waals surface area (Å²) in [4.78, 5) is 15.2. The van der Waals surface area contributed by atoms with Crippen molar-refractivity contribution in [1.29, 1.82) is 0 Å². The van der Waals surface area contributed by atoms with Crippen molar-refractivity contribution in [1.82, 2.24) is 15.6 Å². The lowest BCUT2D eigenvalue weighted by molar-refractivity contribution is -0.129. The number of aryl methyl sites for hydroxylation is 1. The van der Waals surface area contributed by atoms with E-state index in [1.165, 1.54) is 0 Å². The molecule has 1 aromatic carbocycles. The molecular formula is C15H18ClN3O3. The van der Waals surface area contributed by atoms with E-state index in [1.807, 2.05) is 18.2 Å². The number of aromatic nitrogens is 2. The van der Waals surface area contributed by atoms with E-state index in [4.69, 9.17) is 21.3 Å². The summed E-state index contributed by atoms with van der Waals surface area (Å²) in [7, 11) is 0. The first-order chi connectivity index (χ1) is 10.7. The van der Waals surface area contributed by atoms with Gasteiger partial charge in [0.2, 0.25) is 17.6 Å². The summed E-state index contributed by atoms with van der Waals surface area (Å²) in [6.45, 7) is 0. The standard InChI is InChI=1S/C15H18ClN3O3/c16-12-8-6-5-7-11(12)15-17-14(22-19-15)10-4-2-1-3-9-13(20)18-21/h5-8,21H,1-4,9-10H2,(H,18,20). The molecule has 0 aliphatic heterocycles. The van der Waals surface area contributed by atoms with E-state index in [9.17, 15) is 4.79 Å². The fourth-order valence-electron chi connectivity index (χ4n) is 2.08. The molecule has 0 fully saturated rings. The number of hydrogen-bond acceptors (Lipinski definition) is 5. The zero-order chi connectivity index (χ0) is 15.8. The number of carbonyl (C=O) groups excluding carboxylic acids is 1. The van der Waals surface area contributed by atoms with Gasteiger partial charge in [-0.2, -0.15) is 4.98 Å². The van der Waals surface area contributed by atoms with Gasteiger partial charge in [-0.05, 0) is 25.0 Å². The second-order valence-electron chi connectivity index (χ2n) is 4.94. The normalized spacial score (nSPS) is 10.6. The predicted octanol–water partition coefficient (Wildman–Crippen LogP) is 3.39. The topological polar surface area (TPSA) is 88.2 Å². The highest BCUT2D eigenvalue weighted by Crippen LogP contribution is 2.25. The first-order valence-corrected chi connectivity index (χ1v) is 7.59. The SMILES string of the molecule is O=C(CCCCCCc1nc(-c2ccccc2Cl)no1)NO. The Balaban J connectivity index is 1.74. The van der Waals surface area contributed by atoms with Gasteiger partial charge in [0.15, 0.2) is 0 Å². The molecule has 7 heteroatoms. The Labute approximate surface area is 133 Å². The van der Waals surface area contributed by atoms with E-state index in [1.54, 1.807) is 11.5 Å². The lowest BCUT2D eigenvalue weighted by Gasteiger charge is -1.99. The molecule has 1 aromatic heterocycles. The molecule has 1 amide bonds. The van der Waals surface area contributed by atoms with Gasteiger partial charge in [0.05, 0.1) is 5.02 Å². The number of hydrogen-bond donors (Lipinski definition) is 2. The van der Waals surface area contributed by atoms with E-state index < -0.39 is 0 Å². The first kappa shape index (κ1) is 16.5. The number of halogens is 1. The Hall–Kier alpha value is -1.92. The van der Waals surface area contributed by atoms with Crippen LogP contribution in [0, 0.1) is 0 Å². The molecule has 0 bridgehead atoms. The minimum atomic E-state index is -0.346. The van der Waals surface area contributed by atoms with Crippen LogP contribution in [-0.2, 0) is 11.2 Å². The fraction of sp³-hybridized carbons (Fsp3) is 0.400. The van der Waals surface area contributed by atoms with Gasteiger partial charge in [0.1, 0.15) is 0 Å². The molecule has 118 valence electrons. The molecule has 0 aliphatic carbocycles. The molecule has 2 aromatic rings. The maximum absolute atomic E-state index is 10.8. The maximum atomic E-state index is 10.8. The van der Waals surface area contributed by atoms with Crippen molar-refractivity contribution in [3.63, 3.8) is 0 Å². The highest BCUT2D eigenvalue weighted by molar-refractivity contribution is 6.33. The summed E-state index contributed by atoms with van der Waals surface area (Å²) in [5, 5.41) is 12.9. The first-order valence-electron chi connectivity index (χ1n) is 7.21. The van der Waals surface area contributed by atoms with E-state index in [0.29, 0.717) is 29.6 Å². The van der Waals surface area contributed by atoms with Crippen LogP contribution in [0.2, 0.25) is 5.02 Å². The minimum Gasteiger partial charge on any atom is -0.339 e. The third-order valence-corrected chi connectivity index (χ3v) is 3.58. The number of unbranched alkanes of at least 4 members (excludes halogenated alkanes) is 3. The molecule has 0 radical (unpaired) electrons. The molecule has 0 atom stereocenters. The van der Waals surface area contributed by atoms with E-state index in [-0.39, 0.29) is 5.91 Å². The van der Waals surface area contributed by atoms with Crippen LogP contribution < -0.4 is 5.48 Å². The Morgan fingerprint density at radius 2 is 2.00 bits per heavy atom. The van der Waals surface area contributed by atoms with Gasteiger partial charge in [-0.3, -0.25) is 10.0 Å². The zero-order valence-electron chi connectivity index (χ0n) is 12.1. The number of rotatable bonds is 8. The van der Waals surface area contributed by atoms with Crippen LogP contribution in [0.4, 0.5) is 0 Å². The highest BCUT2D eigenvalue weighted by atomic mass is 35.5. The minimum absolute atomic E-state index is 0.341. The Morgan fingerprint density at radius 3 is 2.77 bits per heavy atom. The largest absolute Gasteiger partial charge is 0.339 e. The molecule has 0 spiro atoms. The van der Waals surface area contributed by atoms with Crippen molar-refractivity contribution in [3.8, 4) is 11.4 Å². The molecule has 2 rings (SSSR count). The van der Waals surface area contributed by atoms with Gasteiger partial charge in [-0.25, -0.2) is 5.48 Å². The number of nitrogens with zero attached hydrogens (tertiary/aromatic N) is 2. The number of carbonyl (C=O) groups is 1. The number of benzene rings is 1. The summed E-state index contributed by atoms with van der Waals surface area (Å²) >= 11 is 6.09. The molecule has 6 nitrogen and oxygen atoms in total. The fourth-order valence-corrected chi connectivity index (χ4v) is 2.30. The summed E-state index contributed by atoms with van der Waals surface area (Å²) in [5.74, 6) is 0.740. The number of amides is 1. The predicted molar refractivity (Wildman–Crippen MR) is 81.5 cm³/mol. The molecular weight excluding hydrogens is 306 g/mol. The van der Waals surface area contributed by atoms with Crippen LogP contribution in [0.3, 0.4) is 0 Å². The van der Waals surface area contributed by atoms with Gasteiger partial charge in [-0.1, -0.05) is 41.7 Å². The second kappa shape index (κ2) is 8.51. The van der Waals surface area contributed by atoms with Crippen LogP contribution in [-0.4, -0.2) is 21.3 Å². The zero-order valence-corrected chi connectivity index (χ0v) is 12.8. The van der Waals surface area contributed by atoms with Gasteiger partial charge < -0.3 is 4.52 Å². The molecule has 0 saturated heterocycles. The summed E-state index contributed by atoms with van der Waals surface area (Å²) in [6, 6.07) is 7.36. The Kier molecular flexibility index (Phi) is 6.36. The second-order valence-corrected chi connectivity index (χ2v) is 5.35. The van der Waals surface area contributed by atoms with E-state index in [2.05, 4.69) is 10.1 Å². The van der Waals surface area contributed by atoms with Crippen molar-refractivity contribution >= 4 is 17.5 Å². The van der Waals surface area contributed by atoms with E-state index >= 15 is 0 Å². The maximum Gasteiger partial charge on any atom is 0.243 e. The lowest BCUT2D eigenvalue weighted by Crippen LogP contribution is -2.17. The van der Waals surface area contributed by atoms with Crippen LogP contribution in [0.5, 0.6) is 0 Å². The average Bonchev–Trinajstić information content (AvgIpc) is 2.99. The molecule has 0 unspecified atom stereocenters. The number of hydroxylamine groups is 1. The number of nitrogens with one attached hydrogen (secondary N) is 1. The summed E-state index contributed by atoms with van der Waals surface area (Å²) in [6.07, 6.45) is 4.57. The third-order valence-electron chi connectivity index (χ3n) is 3.25. The molecule has 0 aliphatic rings. The average molecular weight is 324 g/mol. The summed E-state index contributed by atoms with van der Waals surface area (Å²) in [5.41, 5.74) is 2.38. The van der Waals surface area contributed by atoms with E-state index in [0.717, 1.165) is 31.2 Å². The highest BCUT2D eigenvalue weighted by Gasteiger charge is 2.11. The van der Waals surface area contributed by atoms with Gasteiger partial charge in [0, 0.05) is 18.4 Å². The van der Waals surface area contributed by atoms with Crippen LogP contribution in [0.15, 0.2) is 28.8 Å². The molecule has 0 saturated carbocycles. The van der Waals surface area contributed by atoms with Crippen molar-refractivity contribution in [3.05, 3.63) is 35.2 Å². The Bertz CT molecular complexity index is 616. The van der Waals surface area contributed by atoms with Crippen molar-refractivity contribution in [2.75, 3.05) is 0 Å². The van der Waals surface area contributed by atoms with Crippen molar-refractivity contribution in [2.24, 2.45) is 0 Å².